The van der Waals surface area contributed by atoms with Crippen LogP contribution in [0.5, 0.6) is 0 Å². The molecular weight excluding hydrogens is 268 g/mol. The molecule has 1 N–H and O–H groups in total. The van der Waals surface area contributed by atoms with Crippen molar-refractivity contribution in [2.24, 2.45) is 11.8 Å². The molecule has 2 aliphatic rings. The first-order chi connectivity index (χ1) is 10.4. The van der Waals surface area contributed by atoms with Crippen LogP contribution in [-0.2, 0) is 20.8 Å². The number of aliphatic hydroxyl groups excluding tert-OH is 1. The summed E-state index contributed by atoms with van der Waals surface area (Å²) in [6.45, 7) is 5.47. The molecule has 0 spiro atoms. The lowest BCUT2D eigenvalue weighted by atomic mass is 10.1. The first-order valence-corrected chi connectivity index (χ1v) is 7.76. The zero-order valence-corrected chi connectivity index (χ0v) is 12.6. The van der Waals surface area contributed by atoms with E-state index < -0.39 is 0 Å². The van der Waals surface area contributed by atoms with Gasteiger partial charge in [0.15, 0.2) is 0 Å². The molecule has 0 unspecified atom stereocenters. The lowest BCUT2D eigenvalue weighted by Crippen LogP contribution is -2.28. The van der Waals surface area contributed by atoms with Crippen LogP contribution in [0, 0.1) is 11.8 Å². The third kappa shape index (κ3) is 6.57. The van der Waals surface area contributed by atoms with Crippen LogP contribution in [0.2, 0.25) is 0 Å². The van der Waals surface area contributed by atoms with Crippen LogP contribution in [-0.4, -0.2) is 44.7 Å². The van der Waals surface area contributed by atoms with E-state index in [1.165, 1.54) is 5.56 Å². The summed E-state index contributed by atoms with van der Waals surface area (Å²) < 4.78 is 15.5. The fourth-order valence-corrected chi connectivity index (χ4v) is 2.10. The standard InChI is InChI=1S/C12H16O2.C5H10O2/c1-2-4-11(5-3-1)8-13-7-6-12-9-14-10-12;6-2-1-5-3-7-4-5/h1-5,12H,6-10H2;5-6H,1-4H2. The predicted molar refractivity (Wildman–Crippen MR) is 81.0 cm³/mol. The molecule has 118 valence electrons. The Morgan fingerprint density at radius 2 is 1.57 bits per heavy atom. The van der Waals surface area contributed by atoms with Gasteiger partial charge >= 0.3 is 0 Å². The topological polar surface area (TPSA) is 47.9 Å². The van der Waals surface area contributed by atoms with E-state index in [4.69, 9.17) is 19.3 Å². The minimum atomic E-state index is 0.314. The van der Waals surface area contributed by atoms with E-state index in [0.29, 0.717) is 12.5 Å². The maximum absolute atomic E-state index is 8.35. The summed E-state index contributed by atoms with van der Waals surface area (Å²) >= 11 is 0. The molecule has 4 heteroatoms. The summed E-state index contributed by atoms with van der Waals surface area (Å²) in [6.07, 6.45) is 2.05. The van der Waals surface area contributed by atoms with E-state index in [9.17, 15) is 0 Å². The maximum atomic E-state index is 8.35. The first-order valence-electron chi connectivity index (χ1n) is 7.76. The Balaban J connectivity index is 0.000000194. The van der Waals surface area contributed by atoms with Crippen LogP contribution in [0.15, 0.2) is 30.3 Å². The fourth-order valence-electron chi connectivity index (χ4n) is 2.10. The van der Waals surface area contributed by atoms with Crippen molar-refractivity contribution in [1.82, 2.24) is 0 Å². The molecule has 0 atom stereocenters. The second kappa shape index (κ2) is 9.90. The van der Waals surface area contributed by atoms with Crippen molar-refractivity contribution in [2.45, 2.75) is 19.4 Å². The highest BCUT2D eigenvalue weighted by atomic mass is 16.5. The Hall–Kier alpha value is -0.940. The Bertz CT molecular complexity index is 360. The molecule has 0 aliphatic carbocycles. The largest absolute Gasteiger partial charge is 0.396 e. The molecule has 1 aromatic carbocycles. The quantitative estimate of drug-likeness (QED) is 0.784. The van der Waals surface area contributed by atoms with Crippen LogP contribution in [0.25, 0.3) is 0 Å². The average Bonchev–Trinajstić information content (AvgIpc) is 2.43. The van der Waals surface area contributed by atoms with Crippen molar-refractivity contribution in [3.05, 3.63) is 35.9 Å². The molecular formula is C17H26O4. The van der Waals surface area contributed by atoms with Crippen LogP contribution in [0.1, 0.15) is 18.4 Å². The predicted octanol–water partition coefficient (Wildman–Crippen LogP) is 2.25. The average molecular weight is 294 g/mol. The van der Waals surface area contributed by atoms with Gasteiger partial charge in [-0.3, -0.25) is 0 Å². The van der Waals surface area contributed by atoms with Crippen LogP contribution in [0.3, 0.4) is 0 Å². The summed E-state index contributed by atoms with van der Waals surface area (Å²) in [5.41, 5.74) is 1.25. The van der Waals surface area contributed by atoms with Gasteiger partial charge in [-0.05, 0) is 18.4 Å². The van der Waals surface area contributed by atoms with Crippen LogP contribution < -0.4 is 0 Å². The highest BCUT2D eigenvalue weighted by molar-refractivity contribution is 5.13. The summed E-state index contributed by atoms with van der Waals surface area (Å²) in [5, 5.41) is 8.35. The van der Waals surface area contributed by atoms with Gasteiger partial charge in [0.2, 0.25) is 0 Å². The smallest absolute Gasteiger partial charge is 0.0716 e. The van der Waals surface area contributed by atoms with Gasteiger partial charge in [-0.15, -0.1) is 0 Å². The monoisotopic (exact) mass is 294 g/mol. The molecule has 1 aromatic rings. The first kappa shape index (κ1) is 16.4. The van der Waals surface area contributed by atoms with E-state index in [-0.39, 0.29) is 0 Å². The highest BCUT2D eigenvalue weighted by Gasteiger charge is 2.17. The van der Waals surface area contributed by atoms with Gasteiger partial charge in [-0.1, -0.05) is 30.3 Å². The normalized spacial score (nSPS) is 18.3. The van der Waals surface area contributed by atoms with Crippen molar-refractivity contribution >= 4 is 0 Å². The highest BCUT2D eigenvalue weighted by Crippen LogP contribution is 2.14. The molecule has 2 saturated heterocycles. The molecule has 0 amide bonds. The second-order valence-electron chi connectivity index (χ2n) is 5.65. The number of rotatable bonds is 7. The van der Waals surface area contributed by atoms with E-state index in [0.717, 1.165) is 58.4 Å². The van der Waals surface area contributed by atoms with Gasteiger partial charge in [0.25, 0.3) is 0 Å². The molecule has 21 heavy (non-hydrogen) atoms. The summed E-state index contributed by atoms with van der Waals surface area (Å²) in [5.74, 6) is 1.40. The van der Waals surface area contributed by atoms with Crippen LogP contribution in [0.4, 0.5) is 0 Å². The van der Waals surface area contributed by atoms with E-state index in [1.54, 1.807) is 0 Å². The Morgan fingerprint density at radius 1 is 0.952 bits per heavy atom. The number of aliphatic hydroxyl groups is 1. The summed E-state index contributed by atoms with van der Waals surface area (Å²) in [7, 11) is 0. The molecule has 0 saturated carbocycles. The van der Waals surface area contributed by atoms with E-state index >= 15 is 0 Å². The van der Waals surface area contributed by atoms with Crippen molar-refractivity contribution in [3.8, 4) is 0 Å². The number of hydrogen-bond donors (Lipinski definition) is 1. The van der Waals surface area contributed by atoms with Crippen molar-refractivity contribution in [2.75, 3.05) is 39.6 Å². The third-order valence-corrected chi connectivity index (χ3v) is 3.73. The summed E-state index contributed by atoms with van der Waals surface area (Å²) in [6, 6.07) is 10.3. The van der Waals surface area contributed by atoms with Gasteiger partial charge in [0, 0.05) is 25.0 Å². The molecule has 2 aliphatic heterocycles. The Kier molecular flexibility index (Phi) is 7.75. The van der Waals surface area contributed by atoms with Crippen LogP contribution >= 0.6 is 0 Å². The number of benzene rings is 1. The molecule has 2 fully saturated rings. The second-order valence-corrected chi connectivity index (χ2v) is 5.65. The lowest BCUT2D eigenvalue weighted by molar-refractivity contribution is -0.0478. The third-order valence-electron chi connectivity index (χ3n) is 3.73. The molecule has 3 rings (SSSR count). The number of hydrogen-bond acceptors (Lipinski definition) is 4. The minimum absolute atomic E-state index is 0.314. The molecule has 4 nitrogen and oxygen atoms in total. The molecule has 2 heterocycles. The Morgan fingerprint density at radius 3 is 2.05 bits per heavy atom. The van der Waals surface area contributed by atoms with E-state index in [2.05, 4.69) is 12.1 Å². The molecule has 0 bridgehead atoms. The minimum Gasteiger partial charge on any atom is -0.396 e. The number of ether oxygens (including phenoxy) is 3. The lowest BCUT2D eigenvalue weighted by Gasteiger charge is -2.25. The maximum Gasteiger partial charge on any atom is 0.0716 e. The van der Waals surface area contributed by atoms with Crippen molar-refractivity contribution in [3.63, 3.8) is 0 Å². The van der Waals surface area contributed by atoms with Gasteiger partial charge in [-0.25, -0.2) is 0 Å². The fraction of sp³-hybridized carbons (Fsp3) is 0.647. The van der Waals surface area contributed by atoms with E-state index in [1.807, 2.05) is 18.2 Å². The molecule has 0 radical (unpaired) electrons. The SMILES string of the molecule is OCCC1COC1.c1ccc(COCCC2COC2)cc1. The zero-order valence-electron chi connectivity index (χ0n) is 12.6. The van der Waals surface area contributed by atoms with Gasteiger partial charge in [-0.2, -0.15) is 0 Å². The van der Waals surface area contributed by atoms with Gasteiger partial charge in [0.05, 0.1) is 33.0 Å². The van der Waals surface area contributed by atoms with Gasteiger partial charge in [0.1, 0.15) is 0 Å². The molecule has 0 aromatic heterocycles. The van der Waals surface area contributed by atoms with Crippen molar-refractivity contribution < 1.29 is 19.3 Å². The summed E-state index contributed by atoms with van der Waals surface area (Å²) in [4.78, 5) is 0. The van der Waals surface area contributed by atoms with Gasteiger partial charge < -0.3 is 19.3 Å². The Labute approximate surface area is 127 Å². The zero-order chi connectivity index (χ0) is 14.8. The van der Waals surface area contributed by atoms with Crippen molar-refractivity contribution in [1.29, 1.82) is 0 Å².